The van der Waals surface area contributed by atoms with E-state index in [9.17, 15) is 4.79 Å². The highest BCUT2D eigenvalue weighted by molar-refractivity contribution is 6.30. The van der Waals surface area contributed by atoms with Crippen LogP contribution in [0.25, 0.3) is 0 Å². The van der Waals surface area contributed by atoms with Gasteiger partial charge in [-0.25, -0.2) is 0 Å². The zero-order chi connectivity index (χ0) is 14.4. The van der Waals surface area contributed by atoms with Gasteiger partial charge in [-0.2, -0.15) is 5.10 Å². The molecule has 0 saturated heterocycles. The van der Waals surface area contributed by atoms with Crippen LogP contribution < -0.4 is 5.32 Å². The van der Waals surface area contributed by atoms with Gasteiger partial charge in [0, 0.05) is 12.7 Å². The molecule has 0 spiro atoms. The molecule has 114 valence electrons. The van der Waals surface area contributed by atoms with Crippen molar-refractivity contribution in [2.75, 3.05) is 6.54 Å². The summed E-state index contributed by atoms with van der Waals surface area (Å²) in [5.41, 5.74) is 0.395. The van der Waals surface area contributed by atoms with Gasteiger partial charge in [-0.05, 0) is 61.7 Å². The zero-order valence-corrected chi connectivity index (χ0v) is 13.0. The SMILES string of the molecule is O=C(Cn1cc(Cl)cn1)NCC12CC3CC(CC(C3)C1)C2. The largest absolute Gasteiger partial charge is 0.354 e. The van der Waals surface area contributed by atoms with Crippen molar-refractivity contribution in [2.45, 2.75) is 45.1 Å². The Bertz CT molecular complexity index is 518. The van der Waals surface area contributed by atoms with Crippen LogP contribution in [0.5, 0.6) is 0 Å². The summed E-state index contributed by atoms with van der Waals surface area (Å²) in [7, 11) is 0. The lowest BCUT2D eigenvalue weighted by Crippen LogP contribution is -2.51. The molecule has 4 bridgehead atoms. The number of aromatic nitrogens is 2. The third kappa shape index (κ3) is 2.70. The van der Waals surface area contributed by atoms with Crippen molar-refractivity contribution >= 4 is 17.5 Å². The monoisotopic (exact) mass is 307 g/mol. The van der Waals surface area contributed by atoms with Gasteiger partial charge >= 0.3 is 0 Å². The van der Waals surface area contributed by atoms with E-state index in [1.807, 2.05) is 0 Å². The van der Waals surface area contributed by atoms with Gasteiger partial charge in [0.05, 0.1) is 11.2 Å². The summed E-state index contributed by atoms with van der Waals surface area (Å²) in [6.07, 6.45) is 11.6. The maximum Gasteiger partial charge on any atom is 0.241 e. The standard InChI is InChI=1S/C16H22ClN3O/c17-14-7-19-20(8-14)9-15(21)18-10-16-4-11-1-12(5-16)3-13(2-11)6-16/h7-8,11-13H,1-6,9-10H2,(H,18,21). The van der Waals surface area contributed by atoms with Crippen molar-refractivity contribution in [3.05, 3.63) is 17.4 Å². The molecule has 0 aliphatic heterocycles. The predicted molar refractivity (Wildman–Crippen MR) is 80.9 cm³/mol. The Morgan fingerprint density at radius 1 is 1.29 bits per heavy atom. The lowest BCUT2D eigenvalue weighted by molar-refractivity contribution is -0.124. The molecule has 4 aliphatic rings. The molecule has 1 amide bonds. The molecule has 4 nitrogen and oxygen atoms in total. The lowest BCUT2D eigenvalue weighted by Gasteiger charge is -2.56. The maximum atomic E-state index is 12.1. The highest BCUT2D eigenvalue weighted by atomic mass is 35.5. The fraction of sp³-hybridized carbons (Fsp3) is 0.750. The molecule has 5 heteroatoms. The van der Waals surface area contributed by atoms with Crippen LogP contribution in [0.4, 0.5) is 0 Å². The number of rotatable bonds is 4. The first-order valence-corrected chi connectivity index (χ1v) is 8.43. The summed E-state index contributed by atoms with van der Waals surface area (Å²) in [6.45, 7) is 1.11. The van der Waals surface area contributed by atoms with E-state index in [2.05, 4.69) is 10.4 Å². The van der Waals surface area contributed by atoms with Crippen molar-refractivity contribution in [3.63, 3.8) is 0 Å². The molecule has 1 aromatic heterocycles. The first-order chi connectivity index (χ1) is 10.1. The van der Waals surface area contributed by atoms with E-state index in [1.54, 1.807) is 17.1 Å². The molecule has 1 heterocycles. The van der Waals surface area contributed by atoms with Crippen LogP contribution in [-0.4, -0.2) is 22.2 Å². The van der Waals surface area contributed by atoms with E-state index in [4.69, 9.17) is 11.6 Å². The third-order valence-electron chi connectivity index (χ3n) is 5.73. The Morgan fingerprint density at radius 2 is 1.90 bits per heavy atom. The molecule has 0 atom stereocenters. The van der Waals surface area contributed by atoms with Crippen LogP contribution in [0.2, 0.25) is 5.02 Å². The molecule has 4 aliphatic carbocycles. The van der Waals surface area contributed by atoms with Crippen molar-refractivity contribution in [1.82, 2.24) is 15.1 Å². The molecule has 4 fully saturated rings. The van der Waals surface area contributed by atoms with Gasteiger partial charge in [-0.1, -0.05) is 11.6 Å². The summed E-state index contributed by atoms with van der Waals surface area (Å²) in [5, 5.41) is 7.78. The summed E-state index contributed by atoms with van der Waals surface area (Å²) >= 11 is 5.82. The maximum absolute atomic E-state index is 12.1. The molecule has 1 aromatic rings. The smallest absolute Gasteiger partial charge is 0.241 e. The van der Waals surface area contributed by atoms with Crippen LogP contribution >= 0.6 is 11.6 Å². The van der Waals surface area contributed by atoms with Crippen LogP contribution in [0.1, 0.15) is 38.5 Å². The Hall–Kier alpha value is -1.03. The number of carbonyl (C=O) groups excluding carboxylic acids is 1. The van der Waals surface area contributed by atoms with Crippen molar-refractivity contribution in [2.24, 2.45) is 23.2 Å². The highest BCUT2D eigenvalue weighted by Crippen LogP contribution is 2.59. The van der Waals surface area contributed by atoms with Gasteiger partial charge in [0.2, 0.25) is 5.91 Å². The Balaban J connectivity index is 1.35. The molecule has 4 saturated carbocycles. The fourth-order valence-corrected chi connectivity index (χ4v) is 5.58. The molecule has 21 heavy (non-hydrogen) atoms. The lowest BCUT2D eigenvalue weighted by atomic mass is 9.49. The average Bonchev–Trinajstić information content (AvgIpc) is 2.80. The number of carbonyl (C=O) groups is 1. The molecule has 1 N–H and O–H groups in total. The van der Waals surface area contributed by atoms with Gasteiger partial charge in [0.15, 0.2) is 0 Å². The van der Waals surface area contributed by atoms with Gasteiger partial charge < -0.3 is 5.32 Å². The molecule has 0 aromatic carbocycles. The van der Waals surface area contributed by atoms with E-state index in [0.29, 0.717) is 10.4 Å². The summed E-state index contributed by atoms with van der Waals surface area (Å²) in [4.78, 5) is 12.1. The Morgan fingerprint density at radius 3 is 2.43 bits per heavy atom. The van der Waals surface area contributed by atoms with E-state index >= 15 is 0 Å². The second-order valence-electron chi connectivity index (χ2n) is 7.55. The normalized spacial score (nSPS) is 36.9. The number of hydrogen-bond acceptors (Lipinski definition) is 2. The number of hydrogen-bond donors (Lipinski definition) is 1. The average molecular weight is 308 g/mol. The summed E-state index contributed by atoms with van der Waals surface area (Å²) in [5.74, 6) is 2.83. The van der Waals surface area contributed by atoms with Crippen molar-refractivity contribution in [1.29, 1.82) is 0 Å². The molecular formula is C16H22ClN3O. The number of nitrogens with one attached hydrogen (secondary N) is 1. The van der Waals surface area contributed by atoms with E-state index < -0.39 is 0 Å². The Labute approximate surface area is 130 Å². The molecule has 5 rings (SSSR count). The summed E-state index contributed by atoms with van der Waals surface area (Å²) in [6, 6.07) is 0. The minimum atomic E-state index is 0.0468. The van der Waals surface area contributed by atoms with Crippen LogP contribution in [0, 0.1) is 23.2 Å². The van der Waals surface area contributed by atoms with Gasteiger partial charge in [0.1, 0.15) is 6.54 Å². The van der Waals surface area contributed by atoms with Crippen molar-refractivity contribution < 1.29 is 4.79 Å². The number of amides is 1. The minimum absolute atomic E-state index is 0.0468. The fourth-order valence-electron chi connectivity index (χ4n) is 5.42. The van der Waals surface area contributed by atoms with Crippen LogP contribution in [0.15, 0.2) is 12.4 Å². The van der Waals surface area contributed by atoms with Crippen molar-refractivity contribution in [3.8, 4) is 0 Å². The number of nitrogens with zero attached hydrogens (tertiary/aromatic N) is 2. The van der Waals surface area contributed by atoms with Crippen LogP contribution in [-0.2, 0) is 11.3 Å². The second kappa shape index (κ2) is 5.01. The third-order valence-corrected chi connectivity index (χ3v) is 5.93. The highest BCUT2D eigenvalue weighted by Gasteiger charge is 2.50. The number of halogens is 1. The minimum Gasteiger partial charge on any atom is -0.354 e. The van der Waals surface area contributed by atoms with E-state index in [1.165, 1.54) is 38.5 Å². The first-order valence-electron chi connectivity index (χ1n) is 8.05. The van der Waals surface area contributed by atoms with E-state index in [-0.39, 0.29) is 12.5 Å². The van der Waals surface area contributed by atoms with Crippen LogP contribution in [0.3, 0.4) is 0 Å². The quantitative estimate of drug-likeness (QED) is 0.930. The van der Waals surface area contributed by atoms with Gasteiger partial charge in [-0.15, -0.1) is 0 Å². The zero-order valence-electron chi connectivity index (χ0n) is 12.2. The second-order valence-corrected chi connectivity index (χ2v) is 7.99. The summed E-state index contributed by atoms with van der Waals surface area (Å²) < 4.78 is 1.59. The topological polar surface area (TPSA) is 46.9 Å². The molecule has 0 unspecified atom stereocenters. The predicted octanol–water partition coefficient (Wildman–Crippen LogP) is 2.87. The van der Waals surface area contributed by atoms with Gasteiger partial charge in [-0.3, -0.25) is 9.48 Å². The van der Waals surface area contributed by atoms with E-state index in [0.717, 1.165) is 24.3 Å². The van der Waals surface area contributed by atoms with Gasteiger partial charge in [0.25, 0.3) is 0 Å². The first kappa shape index (κ1) is 13.6. The Kier molecular flexibility index (Phi) is 3.25. The molecular weight excluding hydrogens is 286 g/mol. The molecule has 0 radical (unpaired) electrons.